The van der Waals surface area contributed by atoms with E-state index >= 15 is 0 Å². The number of carboxylic acids is 1. The van der Waals surface area contributed by atoms with Crippen LogP contribution in [0.2, 0.25) is 0 Å². The summed E-state index contributed by atoms with van der Waals surface area (Å²) < 4.78 is 0.578. The van der Waals surface area contributed by atoms with Gasteiger partial charge in [-0.3, -0.25) is 9.59 Å². The predicted molar refractivity (Wildman–Crippen MR) is 71.9 cm³/mol. The zero-order valence-electron chi connectivity index (χ0n) is 10.4. The Morgan fingerprint density at radius 2 is 1.74 bits per heavy atom. The van der Waals surface area contributed by atoms with E-state index in [1.807, 2.05) is 0 Å². The molecule has 0 saturated carbocycles. The van der Waals surface area contributed by atoms with Crippen LogP contribution in [-0.4, -0.2) is 22.9 Å². The lowest BCUT2D eigenvalue weighted by atomic mass is 10.00. The van der Waals surface area contributed by atoms with Crippen molar-refractivity contribution in [2.24, 2.45) is 11.8 Å². The summed E-state index contributed by atoms with van der Waals surface area (Å²) in [4.78, 5) is 36.4. The zero-order valence-corrected chi connectivity index (χ0v) is 12.0. The normalized spacial score (nSPS) is 23.0. The van der Waals surface area contributed by atoms with Gasteiger partial charge in [0.15, 0.2) is 0 Å². The Kier molecular flexibility index (Phi) is 3.45. The lowest BCUT2D eigenvalue weighted by Gasteiger charge is -2.17. The van der Waals surface area contributed by atoms with Crippen LogP contribution in [0.3, 0.4) is 0 Å². The van der Waals surface area contributed by atoms with Gasteiger partial charge >= 0.3 is 5.97 Å². The number of aromatic carboxylic acids is 1. The molecule has 1 heterocycles. The Balaban J connectivity index is 2.57. The smallest absolute Gasteiger partial charge is 0.337 e. The summed E-state index contributed by atoms with van der Waals surface area (Å²) >= 11 is 3.18. The fourth-order valence-electron chi connectivity index (χ4n) is 2.06. The Hall–Kier alpha value is -1.69. The van der Waals surface area contributed by atoms with Crippen LogP contribution in [0.15, 0.2) is 22.7 Å². The maximum Gasteiger partial charge on any atom is 0.337 e. The molecule has 1 aromatic rings. The first-order chi connectivity index (χ1) is 8.84. The number of amides is 2. The van der Waals surface area contributed by atoms with Crippen molar-refractivity contribution >= 4 is 39.4 Å². The van der Waals surface area contributed by atoms with Crippen LogP contribution in [0.5, 0.6) is 0 Å². The van der Waals surface area contributed by atoms with Crippen molar-refractivity contribution in [1.29, 1.82) is 0 Å². The van der Waals surface area contributed by atoms with Crippen molar-refractivity contribution in [3.8, 4) is 0 Å². The number of hydrogen-bond acceptors (Lipinski definition) is 3. The lowest BCUT2D eigenvalue weighted by molar-refractivity contribution is -0.122. The Bertz CT molecular complexity index is 564. The highest BCUT2D eigenvalue weighted by atomic mass is 79.9. The molecule has 1 N–H and O–H groups in total. The monoisotopic (exact) mass is 325 g/mol. The average molecular weight is 326 g/mol. The van der Waals surface area contributed by atoms with E-state index in [0.717, 1.165) is 4.90 Å². The van der Waals surface area contributed by atoms with Crippen molar-refractivity contribution in [2.45, 2.75) is 13.8 Å². The van der Waals surface area contributed by atoms with Gasteiger partial charge in [0.05, 0.1) is 11.3 Å². The summed E-state index contributed by atoms with van der Waals surface area (Å²) in [5, 5.41) is 9.18. The third-order valence-corrected chi connectivity index (χ3v) is 3.89. The van der Waals surface area contributed by atoms with E-state index < -0.39 is 17.8 Å². The van der Waals surface area contributed by atoms with Crippen LogP contribution in [0, 0.1) is 11.8 Å². The minimum Gasteiger partial charge on any atom is -0.478 e. The second-order valence-electron chi connectivity index (χ2n) is 4.56. The lowest BCUT2D eigenvalue weighted by Crippen LogP contribution is -2.32. The average Bonchev–Trinajstić information content (AvgIpc) is 2.54. The van der Waals surface area contributed by atoms with Crippen LogP contribution in [0.4, 0.5) is 5.69 Å². The molecule has 1 fully saturated rings. The first-order valence-electron chi connectivity index (χ1n) is 5.75. The van der Waals surface area contributed by atoms with Gasteiger partial charge in [-0.05, 0) is 18.2 Å². The Labute approximate surface area is 118 Å². The van der Waals surface area contributed by atoms with E-state index in [1.54, 1.807) is 19.9 Å². The first-order valence-corrected chi connectivity index (χ1v) is 6.54. The number of halogens is 1. The molecule has 19 heavy (non-hydrogen) atoms. The molecule has 0 radical (unpaired) electrons. The van der Waals surface area contributed by atoms with Gasteiger partial charge in [-0.15, -0.1) is 0 Å². The van der Waals surface area contributed by atoms with Crippen LogP contribution in [0.25, 0.3) is 0 Å². The molecule has 1 aliphatic heterocycles. The number of imide groups is 1. The molecule has 1 aromatic carbocycles. The van der Waals surface area contributed by atoms with Crippen molar-refractivity contribution in [3.63, 3.8) is 0 Å². The summed E-state index contributed by atoms with van der Waals surface area (Å²) in [5.41, 5.74) is 0.0549. The van der Waals surface area contributed by atoms with Gasteiger partial charge in [0, 0.05) is 16.3 Å². The number of carboxylic acid groups (broad SMARTS) is 1. The molecule has 0 aromatic heterocycles. The molecule has 1 aliphatic rings. The number of rotatable bonds is 2. The number of benzene rings is 1. The van der Waals surface area contributed by atoms with Crippen LogP contribution in [-0.2, 0) is 9.59 Å². The van der Waals surface area contributed by atoms with Crippen molar-refractivity contribution in [1.82, 2.24) is 0 Å². The highest BCUT2D eigenvalue weighted by Crippen LogP contribution is 2.33. The van der Waals surface area contributed by atoms with E-state index in [4.69, 9.17) is 0 Å². The molecule has 2 unspecified atom stereocenters. The van der Waals surface area contributed by atoms with Gasteiger partial charge in [0.1, 0.15) is 0 Å². The van der Waals surface area contributed by atoms with Crippen LogP contribution in [0.1, 0.15) is 24.2 Å². The molecule has 2 amide bonds. The van der Waals surface area contributed by atoms with Gasteiger partial charge in [0.25, 0.3) is 0 Å². The fraction of sp³-hybridized carbons (Fsp3) is 0.308. The van der Waals surface area contributed by atoms with Crippen molar-refractivity contribution in [2.75, 3.05) is 4.90 Å². The molecule has 6 heteroatoms. The maximum absolute atomic E-state index is 12.1. The van der Waals surface area contributed by atoms with E-state index in [2.05, 4.69) is 15.9 Å². The Morgan fingerprint density at radius 1 is 1.21 bits per heavy atom. The summed E-state index contributed by atoms with van der Waals surface area (Å²) in [5.74, 6) is -2.76. The minimum atomic E-state index is -1.18. The molecule has 100 valence electrons. The van der Waals surface area contributed by atoms with Crippen LogP contribution >= 0.6 is 15.9 Å². The summed E-state index contributed by atoms with van der Waals surface area (Å²) in [7, 11) is 0. The topological polar surface area (TPSA) is 74.7 Å². The SMILES string of the molecule is CC1C(=O)N(c2ccc(Br)cc2C(=O)O)C(=O)C1C. The molecule has 2 rings (SSSR count). The summed E-state index contributed by atoms with van der Waals surface area (Å²) in [6.45, 7) is 3.34. The zero-order chi connectivity index (χ0) is 14.3. The highest BCUT2D eigenvalue weighted by Gasteiger charge is 2.44. The van der Waals surface area contributed by atoms with Gasteiger partial charge in [0.2, 0.25) is 11.8 Å². The van der Waals surface area contributed by atoms with Crippen molar-refractivity contribution < 1.29 is 19.5 Å². The Morgan fingerprint density at radius 3 is 2.21 bits per heavy atom. The molecular weight excluding hydrogens is 314 g/mol. The fourth-order valence-corrected chi connectivity index (χ4v) is 2.42. The predicted octanol–water partition coefficient (Wildman–Crippen LogP) is 2.29. The maximum atomic E-state index is 12.1. The third-order valence-electron chi connectivity index (χ3n) is 3.40. The molecular formula is C13H12BrNO4. The molecule has 0 spiro atoms. The quantitative estimate of drug-likeness (QED) is 0.846. The molecule has 0 aliphatic carbocycles. The van der Waals surface area contributed by atoms with Gasteiger partial charge in [-0.2, -0.15) is 0 Å². The van der Waals surface area contributed by atoms with Crippen LogP contribution < -0.4 is 4.90 Å². The molecule has 2 atom stereocenters. The third kappa shape index (κ3) is 2.16. The number of anilines is 1. The van der Waals surface area contributed by atoms with Gasteiger partial charge in [-0.25, -0.2) is 9.69 Å². The highest BCUT2D eigenvalue weighted by molar-refractivity contribution is 9.10. The first kappa shape index (κ1) is 13.7. The summed E-state index contributed by atoms with van der Waals surface area (Å²) in [6.07, 6.45) is 0. The van der Waals surface area contributed by atoms with Gasteiger partial charge < -0.3 is 5.11 Å². The number of carbonyl (C=O) groups excluding carboxylic acids is 2. The number of hydrogen-bond donors (Lipinski definition) is 1. The van der Waals surface area contributed by atoms with E-state index in [-0.39, 0.29) is 23.1 Å². The second-order valence-corrected chi connectivity index (χ2v) is 5.47. The van der Waals surface area contributed by atoms with E-state index in [0.29, 0.717) is 4.47 Å². The van der Waals surface area contributed by atoms with Gasteiger partial charge in [-0.1, -0.05) is 29.8 Å². The largest absolute Gasteiger partial charge is 0.478 e. The van der Waals surface area contributed by atoms with Crippen molar-refractivity contribution in [3.05, 3.63) is 28.2 Å². The number of nitrogens with zero attached hydrogens (tertiary/aromatic N) is 1. The minimum absolute atomic E-state index is 0.0719. The van der Waals surface area contributed by atoms with E-state index in [1.165, 1.54) is 12.1 Å². The second kappa shape index (κ2) is 4.77. The number of carbonyl (C=O) groups is 3. The molecule has 1 saturated heterocycles. The van der Waals surface area contributed by atoms with E-state index in [9.17, 15) is 19.5 Å². The summed E-state index contributed by atoms with van der Waals surface area (Å²) in [6, 6.07) is 4.45. The standard InChI is InChI=1S/C13H12BrNO4/c1-6-7(2)12(17)15(11(6)16)10-4-3-8(14)5-9(10)13(18)19/h3-7H,1-2H3,(H,18,19). The molecule has 0 bridgehead atoms. The molecule has 5 nitrogen and oxygen atoms in total.